The lowest BCUT2D eigenvalue weighted by molar-refractivity contribution is 0.149. The molecule has 3 heteroatoms. The normalized spacial score (nSPS) is 15.8. The van der Waals surface area contributed by atoms with Crippen LogP contribution in [0.3, 0.4) is 0 Å². The van der Waals surface area contributed by atoms with Crippen molar-refractivity contribution in [3.63, 3.8) is 0 Å². The minimum absolute atomic E-state index is 0.777. The summed E-state index contributed by atoms with van der Waals surface area (Å²) in [6.07, 6.45) is 8.43. The SMILES string of the molecule is NON=C(C1=CCCC=C1)c1ccccc1. The number of hydrogen-bond donors (Lipinski definition) is 1. The van der Waals surface area contributed by atoms with Crippen LogP contribution in [0.15, 0.2) is 59.3 Å². The van der Waals surface area contributed by atoms with Crippen molar-refractivity contribution < 1.29 is 4.94 Å². The van der Waals surface area contributed by atoms with E-state index in [0.29, 0.717) is 0 Å². The van der Waals surface area contributed by atoms with Gasteiger partial charge < -0.3 is 4.94 Å². The van der Waals surface area contributed by atoms with Crippen molar-refractivity contribution in [3.8, 4) is 0 Å². The Morgan fingerprint density at radius 2 is 2.00 bits per heavy atom. The number of allylic oxidation sites excluding steroid dienone is 4. The second-order valence-corrected chi connectivity index (χ2v) is 3.55. The molecule has 1 aliphatic rings. The average molecular weight is 214 g/mol. The van der Waals surface area contributed by atoms with E-state index in [-0.39, 0.29) is 0 Å². The lowest BCUT2D eigenvalue weighted by Gasteiger charge is -2.09. The number of nitrogens with zero attached hydrogens (tertiary/aromatic N) is 1. The molecule has 0 fully saturated rings. The molecule has 0 radical (unpaired) electrons. The van der Waals surface area contributed by atoms with Crippen molar-refractivity contribution in [2.45, 2.75) is 12.8 Å². The molecule has 0 spiro atoms. The molecular weight excluding hydrogens is 200 g/mol. The first-order chi connectivity index (χ1) is 7.92. The zero-order chi connectivity index (χ0) is 11.2. The van der Waals surface area contributed by atoms with Gasteiger partial charge in [0.2, 0.25) is 0 Å². The van der Waals surface area contributed by atoms with Crippen molar-refractivity contribution >= 4 is 5.71 Å². The number of rotatable bonds is 3. The third-order valence-corrected chi connectivity index (χ3v) is 2.46. The minimum Gasteiger partial charge on any atom is -0.302 e. The molecule has 82 valence electrons. The van der Waals surface area contributed by atoms with E-state index in [0.717, 1.165) is 29.7 Å². The van der Waals surface area contributed by atoms with Gasteiger partial charge in [-0.25, -0.2) is 0 Å². The van der Waals surface area contributed by atoms with Crippen LogP contribution in [0.5, 0.6) is 0 Å². The molecule has 0 heterocycles. The predicted octanol–water partition coefficient (Wildman–Crippen LogP) is 2.56. The van der Waals surface area contributed by atoms with Crippen LogP contribution >= 0.6 is 0 Å². The van der Waals surface area contributed by atoms with Crippen LogP contribution in [0.25, 0.3) is 0 Å². The van der Waals surface area contributed by atoms with Gasteiger partial charge in [0.05, 0.1) is 0 Å². The Labute approximate surface area is 94.9 Å². The number of oxime groups is 1. The third kappa shape index (κ3) is 2.38. The van der Waals surface area contributed by atoms with Crippen LogP contribution in [0, 0.1) is 0 Å². The quantitative estimate of drug-likeness (QED) is 0.621. The van der Waals surface area contributed by atoms with E-state index in [2.05, 4.69) is 22.2 Å². The Balaban J connectivity index is 2.35. The summed E-state index contributed by atoms with van der Waals surface area (Å²) in [5.41, 5.74) is 2.84. The van der Waals surface area contributed by atoms with Crippen molar-refractivity contribution in [1.82, 2.24) is 0 Å². The van der Waals surface area contributed by atoms with Crippen LogP contribution in [-0.2, 0) is 4.94 Å². The zero-order valence-corrected chi connectivity index (χ0v) is 8.97. The monoisotopic (exact) mass is 214 g/mol. The molecule has 0 saturated carbocycles. The fourth-order valence-corrected chi connectivity index (χ4v) is 1.71. The largest absolute Gasteiger partial charge is 0.302 e. The van der Waals surface area contributed by atoms with Gasteiger partial charge >= 0.3 is 0 Å². The Bertz CT molecular complexity index is 433. The molecule has 0 saturated heterocycles. The fourth-order valence-electron chi connectivity index (χ4n) is 1.71. The molecule has 2 rings (SSSR count). The lowest BCUT2D eigenvalue weighted by Crippen LogP contribution is -2.07. The fraction of sp³-hybridized carbons (Fsp3) is 0.154. The van der Waals surface area contributed by atoms with Gasteiger partial charge in [-0.2, -0.15) is 0 Å². The number of benzene rings is 1. The molecule has 16 heavy (non-hydrogen) atoms. The maximum atomic E-state index is 5.03. The summed E-state index contributed by atoms with van der Waals surface area (Å²) in [5.74, 6) is 5.03. The Morgan fingerprint density at radius 3 is 2.62 bits per heavy atom. The number of nitrogens with two attached hydrogens (primary N) is 1. The first kappa shape index (κ1) is 10.6. The molecule has 0 aromatic heterocycles. The smallest absolute Gasteiger partial charge is 0.119 e. The summed E-state index contributed by atoms with van der Waals surface area (Å²) in [6, 6.07) is 9.88. The lowest BCUT2D eigenvalue weighted by atomic mass is 9.98. The van der Waals surface area contributed by atoms with Crippen LogP contribution in [0.2, 0.25) is 0 Å². The van der Waals surface area contributed by atoms with E-state index in [4.69, 9.17) is 5.90 Å². The van der Waals surface area contributed by atoms with E-state index in [1.165, 1.54) is 0 Å². The first-order valence-corrected chi connectivity index (χ1v) is 5.28. The van der Waals surface area contributed by atoms with Gasteiger partial charge in [0.15, 0.2) is 0 Å². The van der Waals surface area contributed by atoms with Crippen molar-refractivity contribution in [3.05, 3.63) is 59.7 Å². The highest BCUT2D eigenvalue weighted by Crippen LogP contribution is 2.16. The molecule has 1 aromatic rings. The molecule has 1 aromatic carbocycles. The van der Waals surface area contributed by atoms with E-state index in [9.17, 15) is 0 Å². The van der Waals surface area contributed by atoms with E-state index in [1.807, 2.05) is 36.4 Å². The van der Waals surface area contributed by atoms with E-state index < -0.39 is 0 Å². The standard InChI is InChI=1S/C13H14N2O/c14-16-15-13(11-7-3-1-4-8-11)12-9-5-2-6-10-12/h1,3-5,7-10H,2,6,14H2. The van der Waals surface area contributed by atoms with Crippen LogP contribution in [0.4, 0.5) is 0 Å². The predicted molar refractivity (Wildman–Crippen MR) is 64.7 cm³/mol. The summed E-state index contributed by atoms with van der Waals surface area (Å²) in [7, 11) is 0. The minimum atomic E-state index is 0.777. The highest BCUT2D eigenvalue weighted by molar-refractivity contribution is 6.14. The second-order valence-electron chi connectivity index (χ2n) is 3.55. The molecule has 0 aliphatic heterocycles. The molecule has 3 nitrogen and oxygen atoms in total. The maximum absolute atomic E-state index is 5.03. The zero-order valence-electron chi connectivity index (χ0n) is 8.97. The number of hydrogen-bond acceptors (Lipinski definition) is 3. The maximum Gasteiger partial charge on any atom is 0.119 e. The molecule has 2 N–H and O–H groups in total. The summed E-state index contributed by atoms with van der Waals surface area (Å²) < 4.78 is 0. The van der Waals surface area contributed by atoms with Crippen LogP contribution in [-0.4, -0.2) is 5.71 Å². The first-order valence-electron chi connectivity index (χ1n) is 5.28. The summed E-state index contributed by atoms with van der Waals surface area (Å²) in [6.45, 7) is 0. The molecule has 0 unspecified atom stereocenters. The Kier molecular flexibility index (Phi) is 3.51. The molecule has 1 aliphatic carbocycles. The highest BCUT2D eigenvalue weighted by atomic mass is 16.7. The van der Waals surface area contributed by atoms with E-state index in [1.54, 1.807) is 0 Å². The topological polar surface area (TPSA) is 47.6 Å². The third-order valence-electron chi connectivity index (χ3n) is 2.46. The van der Waals surface area contributed by atoms with Gasteiger partial charge in [-0.3, -0.25) is 0 Å². The Hall–Kier alpha value is -1.87. The van der Waals surface area contributed by atoms with E-state index >= 15 is 0 Å². The van der Waals surface area contributed by atoms with Crippen LogP contribution < -0.4 is 5.90 Å². The summed E-state index contributed by atoms with van der Waals surface area (Å²) in [5, 5.41) is 3.89. The van der Waals surface area contributed by atoms with Gasteiger partial charge in [0.25, 0.3) is 0 Å². The van der Waals surface area contributed by atoms with Crippen molar-refractivity contribution in [2.24, 2.45) is 11.1 Å². The summed E-state index contributed by atoms with van der Waals surface area (Å²) in [4.78, 5) is 4.42. The van der Waals surface area contributed by atoms with Gasteiger partial charge in [-0.05, 0) is 18.4 Å². The van der Waals surface area contributed by atoms with Crippen molar-refractivity contribution in [2.75, 3.05) is 0 Å². The van der Waals surface area contributed by atoms with Crippen molar-refractivity contribution in [1.29, 1.82) is 0 Å². The molecular formula is C13H14N2O. The Morgan fingerprint density at radius 1 is 1.19 bits per heavy atom. The van der Waals surface area contributed by atoms with Gasteiger partial charge in [0, 0.05) is 5.56 Å². The summed E-state index contributed by atoms with van der Waals surface area (Å²) >= 11 is 0. The van der Waals surface area contributed by atoms with Crippen LogP contribution in [0.1, 0.15) is 18.4 Å². The average Bonchev–Trinajstić information content (AvgIpc) is 2.38. The molecule has 0 atom stereocenters. The second kappa shape index (κ2) is 5.28. The van der Waals surface area contributed by atoms with Gasteiger partial charge in [0.1, 0.15) is 5.71 Å². The van der Waals surface area contributed by atoms with Gasteiger partial charge in [-0.1, -0.05) is 53.7 Å². The molecule has 0 amide bonds. The molecule has 0 bridgehead atoms. The van der Waals surface area contributed by atoms with Gasteiger partial charge in [-0.15, -0.1) is 5.90 Å². The highest BCUT2D eigenvalue weighted by Gasteiger charge is 2.09.